The van der Waals surface area contributed by atoms with Gasteiger partial charge in [-0.15, -0.1) is 0 Å². The Bertz CT molecular complexity index is 1180. The van der Waals surface area contributed by atoms with Gasteiger partial charge in [-0.2, -0.15) is 0 Å². The number of rotatable bonds is 3. The highest BCUT2D eigenvalue weighted by molar-refractivity contribution is 5.98. The predicted molar refractivity (Wildman–Crippen MR) is 116 cm³/mol. The molecule has 31 heavy (non-hydrogen) atoms. The van der Waals surface area contributed by atoms with Crippen LogP contribution in [0.25, 0.3) is 22.0 Å². The number of pyridine rings is 1. The molecule has 1 aliphatic carbocycles. The van der Waals surface area contributed by atoms with Gasteiger partial charge in [-0.3, -0.25) is 14.6 Å². The Labute approximate surface area is 179 Å². The number of phenols is 1. The maximum atomic E-state index is 12.9. The molecule has 2 heterocycles. The Kier molecular flexibility index (Phi) is 4.63. The number of hydrogen-bond donors (Lipinski definition) is 2. The first-order valence-electron chi connectivity index (χ1n) is 10.4. The molecule has 7 heteroatoms. The molecule has 1 aromatic heterocycles. The summed E-state index contributed by atoms with van der Waals surface area (Å²) in [6.45, 7) is 1.51. The highest BCUT2D eigenvalue weighted by Crippen LogP contribution is 2.37. The van der Waals surface area contributed by atoms with Crippen molar-refractivity contribution in [3.05, 3.63) is 60.3 Å². The van der Waals surface area contributed by atoms with Crippen molar-refractivity contribution in [2.75, 3.05) is 26.2 Å². The van der Waals surface area contributed by atoms with Gasteiger partial charge in [-0.1, -0.05) is 24.3 Å². The Balaban J connectivity index is 1.30. The second-order valence-electron chi connectivity index (χ2n) is 8.26. The fraction of sp³-hybridized carbons (Fsp3) is 0.292. The van der Waals surface area contributed by atoms with Crippen molar-refractivity contribution >= 4 is 22.7 Å². The number of carbonyl (C=O) groups is 2. The number of aromatic hydroxyl groups is 1. The molecular weight excluding hydrogens is 394 g/mol. The van der Waals surface area contributed by atoms with Crippen molar-refractivity contribution in [1.29, 1.82) is 0 Å². The number of benzene rings is 2. The molecule has 1 aliphatic heterocycles. The van der Waals surface area contributed by atoms with E-state index in [-0.39, 0.29) is 23.1 Å². The lowest BCUT2D eigenvalue weighted by atomic mass is 10.0. The minimum Gasteiger partial charge on any atom is -0.507 e. The molecule has 2 N–H and O–H groups in total. The normalized spacial score (nSPS) is 17.6. The number of nitrogens with zero attached hydrogens (tertiary/aromatic N) is 3. The summed E-state index contributed by atoms with van der Waals surface area (Å²) >= 11 is 0. The molecule has 3 aromatic rings. The first-order chi connectivity index (χ1) is 14.9. The van der Waals surface area contributed by atoms with Crippen molar-refractivity contribution in [3.8, 4) is 16.9 Å². The molecule has 1 saturated carbocycles. The number of piperazine rings is 1. The van der Waals surface area contributed by atoms with Crippen LogP contribution in [0.15, 0.2) is 54.7 Å². The van der Waals surface area contributed by atoms with Crippen LogP contribution in [0.2, 0.25) is 0 Å². The topological polar surface area (TPSA) is 94.0 Å². The molecule has 0 atom stereocenters. The quantitative estimate of drug-likeness (QED) is 0.683. The van der Waals surface area contributed by atoms with Gasteiger partial charge in [0.2, 0.25) is 0 Å². The summed E-state index contributed by atoms with van der Waals surface area (Å²) < 4.78 is 0. The van der Waals surface area contributed by atoms with Crippen LogP contribution < -0.4 is 0 Å². The number of hydrogen-bond acceptors (Lipinski definition) is 5. The third kappa shape index (κ3) is 3.61. The molecule has 7 nitrogen and oxygen atoms in total. The van der Waals surface area contributed by atoms with Crippen molar-refractivity contribution in [2.24, 2.45) is 0 Å². The summed E-state index contributed by atoms with van der Waals surface area (Å²) in [6, 6.07) is 14.8. The summed E-state index contributed by atoms with van der Waals surface area (Å²) in [4.78, 5) is 32.9. The molecule has 2 aromatic carbocycles. The van der Waals surface area contributed by atoms with E-state index in [9.17, 15) is 19.8 Å². The van der Waals surface area contributed by atoms with Gasteiger partial charge in [0.05, 0.1) is 11.1 Å². The average molecular weight is 417 g/mol. The fourth-order valence-corrected chi connectivity index (χ4v) is 4.03. The number of para-hydroxylation sites is 1. The second kappa shape index (κ2) is 7.35. The van der Waals surface area contributed by atoms with Crippen LogP contribution in [0.1, 0.15) is 23.2 Å². The summed E-state index contributed by atoms with van der Waals surface area (Å²) in [6.07, 6.45) is 2.78. The van der Waals surface area contributed by atoms with Gasteiger partial charge in [0.25, 0.3) is 11.8 Å². The van der Waals surface area contributed by atoms with E-state index in [0.29, 0.717) is 39.0 Å². The Morgan fingerprint density at radius 1 is 0.903 bits per heavy atom. The maximum Gasteiger partial charge on any atom is 0.257 e. The van der Waals surface area contributed by atoms with Crippen molar-refractivity contribution < 1.29 is 19.8 Å². The van der Waals surface area contributed by atoms with Gasteiger partial charge in [0.1, 0.15) is 11.4 Å². The number of fused-ring (bicyclic) bond motifs is 1. The molecule has 2 fully saturated rings. The van der Waals surface area contributed by atoms with Gasteiger partial charge in [-0.25, -0.2) is 0 Å². The summed E-state index contributed by atoms with van der Waals surface area (Å²) in [5, 5.41) is 21.6. The molecule has 5 rings (SSSR count). The molecule has 2 aliphatic rings. The van der Waals surface area contributed by atoms with E-state index in [2.05, 4.69) is 4.98 Å². The minimum atomic E-state index is -1.18. The molecule has 0 radical (unpaired) electrons. The number of aromatic nitrogens is 1. The Morgan fingerprint density at radius 2 is 1.61 bits per heavy atom. The van der Waals surface area contributed by atoms with Crippen LogP contribution >= 0.6 is 0 Å². The summed E-state index contributed by atoms with van der Waals surface area (Å²) in [5.74, 6) is -0.588. The second-order valence-corrected chi connectivity index (χ2v) is 8.26. The van der Waals surface area contributed by atoms with E-state index < -0.39 is 5.60 Å². The number of amides is 2. The highest BCUT2D eigenvalue weighted by Gasteiger charge is 2.50. The van der Waals surface area contributed by atoms with Crippen LogP contribution in [0.5, 0.6) is 5.75 Å². The van der Waals surface area contributed by atoms with E-state index in [4.69, 9.17) is 0 Å². The van der Waals surface area contributed by atoms with E-state index in [1.54, 1.807) is 34.2 Å². The zero-order valence-electron chi connectivity index (χ0n) is 17.0. The van der Waals surface area contributed by atoms with E-state index >= 15 is 0 Å². The molecular formula is C24H23N3O4. The molecule has 0 bridgehead atoms. The van der Waals surface area contributed by atoms with Crippen LogP contribution in [-0.2, 0) is 4.79 Å². The third-order valence-electron chi connectivity index (χ3n) is 6.13. The number of phenolic OH excluding ortho intramolecular Hbond substituents is 1. The molecule has 2 amide bonds. The largest absolute Gasteiger partial charge is 0.507 e. The molecule has 0 unspecified atom stereocenters. The lowest BCUT2D eigenvalue weighted by Crippen LogP contribution is -2.53. The number of carbonyl (C=O) groups excluding carboxylic acids is 2. The van der Waals surface area contributed by atoms with E-state index in [1.165, 1.54) is 0 Å². The monoisotopic (exact) mass is 417 g/mol. The maximum absolute atomic E-state index is 12.9. The van der Waals surface area contributed by atoms with Gasteiger partial charge in [0, 0.05) is 43.3 Å². The van der Waals surface area contributed by atoms with Crippen molar-refractivity contribution in [1.82, 2.24) is 14.8 Å². The van der Waals surface area contributed by atoms with Crippen LogP contribution in [0, 0.1) is 0 Å². The highest BCUT2D eigenvalue weighted by atomic mass is 16.3. The van der Waals surface area contributed by atoms with Crippen LogP contribution in [0.4, 0.5) is 0 Å². The average Bonchev–Trinajstić information content (AvgIpc) is 3.56. The van der Waals surface area contributed by atoms with Crippen molar-refractivity contribution in [2.45, 2.75) is 18.4 Å². The third-order valence-corrected chi connectivity index (χ3v) is 6.13. The molecule has 158 valence electrons. The molecule has 0 spiro atoms. The number of aliphatic hydroxyl groups is 1. The standard InChI is InChI=1S/C24H23N3O4/c28-21-14-16(18-13-17-3-1-2-4-20(17)25-15-18)5-6-19(21)22(29)26-9-11-27(12-10-26)23(30)24(31)7-8-24/h1-6,13-15,28,31H,7-12H2. The molecule has 1 saturated heterocycles. The van der Waals surface area contributed by atoms with Gasteiger partial charge < -0.3 is 20.0 Å². The predicted octanol–water partition coefficient (Wildman–Crippen LogP) is 2.42. The lowest BCUT2D eigenvalue weighted by molar-refractivity contribution is -0.143. The summed E-state index contributed by atoms with van der Waals surface area (Å²) in [7, 11) is 0. The van der Waals surface area contributed by atoms with Gasteiger partial charge >= 0.3 is 0 Å². The fourth-order valence-electron chi connectivity index (χ4n) is 4.03. The first-order valence-corrected chi connectivity index (χ1v) is 10.4. The smallest absolute Gasteiger partial charge is 0.257 e. The zero-order valence-corrected chi connectivity index (χ0v) is 17.0. The zero-order chi connectivity index (χ0) is 21.6. The Hall–Kier alpha value is -3.45. The minimum absolute atomic E-state index is 0.0820. The Morgan fingerprint density at radius 3 is 2.32 bits per heavy atom. The van der Waals surface area contributed by atoms with Crippen LogP contribution in [-0.4, -0.2) is 68.6 Å². The SMILES string of the molecule is O=C(c1ccc(-c2cnc3ccccc3c2)cc1O)N1CCN(C(=O)C2(O)CC2)CC1. The summed E-state index contributed by atoms with van der Waals surface area (Å²) in [5.41, 5.74) is 1.59. The van der Waals surface area contributed by atoms with Gasteiger partial charge in [0.15, 0.2) is 0 Å². The van der Waals surface area contributed by atoms with E-state index in [1.807, 2.05) is 30.3 Å². The van der Waals surface area contributed by atoms with Gasteiger partial charge in [-0.05, 0) is 42.7 Å². The van der Waals surface area contributed by atoms with Crippen molar-refractivity contribution in [3.63, 3.8) is 0 Å². The first kappa shape index (κ1) is 19.5. The lowest BCUT2D eigenvalue weighted by Gasteiger charge is -2.35. The van der Waals surface area contributed by atoms with Crippen LogP contribution in [0.3, 0.4) is 0 Å². The van der Waals surface area contributed by atoms with E-state index in [0.717, 1.165) is 22.0 Å².